The molecule has 9 aromatic carbocycles. The Hall–Kier alpha value is -7.36. The number of hydrogen-bond donors (Lipinski definition) is 0. The molecule has 10 aromatic rings. The average molecular weight is 733 g/mol. The lowest BCUT2D eigenvalue weighted by Gasteiger charge is -2.32. The third-order valence-electron chi connectivity index (χ3n) is 10.9. The summed E-state index contributed by atoms with van der Waals surface area (Å²) in [5.41, 5.74) is 15.0. The molecule has 0 aliphatic carbocycles. The fourth-order valence-electron chi connectivity index (χ4n) is 8.31. The fourth-order valence-corrected chi connectivity index (χ4v) is 8.31. The van der Waals surface area contributed by atoms with Gasteiger partial charge in [0.2, 0.25) is 0 Å². The molecule has 0 saturated carbocycles. The van der Waals surface area contributed by atoms with Crippen LogP contribution in [0.4, 0.5) is 34.1 Å². The number of anilines is 6. The van der Waals surface area contributed by atoms with Crippen molar-refractivity contribution in [2.45, 2.75) is 13.8 Å². The smallest absolute Gasteiger partial charge is 0.162 e. The van der Waals surface area contributed by atoms with Gasteiger partial charge in [0.05, 0.1) is 16.8 Å². The van der Waals surface area contributed by atoms with Gasteiger partial charge in [-0.25, -0.2) is 0 Å². The molecule has 3 heteroatoms. The second-order valence-corrected chi connectivity index (χ2v) is 14.7. The van der Waals surface area contributed by atoms with Gasteiger partial charge in [-0.2, -0.15) is 0 Å². The first-order valence-electron chi connectivity index (χ1n) is 19.5. The molecule has 10 rings (SSSR count). The Morgan fingerprint density at radius 1 is 0.333 bits per heavy atom. The predicted octanol–water partition coefficient (Wildman–Crippen LogP) is 15.6. The van der Waals surface area contributed by atoms with Gasteiger partial charge in [-0.1, -0.05) is 152 Å². The molecule has 0 amide bonds. The monoisotopic (exact) mass is 732 g/mol. The van der Waals surface area contributed by atoms with Crippen molar-refractivity contribution in [3.8, 4) is 22.3 Å². The van der Waals surface area contributed by atoms with Crippen molar-refractivity contribution in [2.75, 3.05) is 9.80 Å². The van der Waals surface area contributed by atoms with Crippen LogP contribution in [0.2, 0.25) is 0 Å². The second-order valence-electron chi connectivity index (χ2n) is 14.7. The van der Waals surface area contributed by atoms with E-state index >= 15 is 0 Å². The highest BCUT2D eigenvalue weighted by Crippen LogP contribution is 2.54. The lowest BCUT2D eigenvalue weighted by atomic mass is 9.96. The zero-order valence-corrected chi connectivity index (χ0v) is 31.9. The summed E-state index contributed by atoms with van der Waals surface area (Å²) in [5.74, 6) is 0. The summed E-state index contributed by atoms with van der Waals surface area (Å²) >= 11 is 0. The Kier molecular flexibility index (Phi) is 8.61. The topological polar surface area (TPSA) is 19.6 Å². The molecule has 0 N–H and O–H groups in total. The maximum atomic E-state index is 7.17. The molecule has 1 heterocycles. The summed E-state index contributed by atoms with van der Waals surface area (Å²) in [6.07, 6.45) is 0. The van der Waals surface area contributed by atoms with Crippen molar-refractivity contribution in [2.24, 2.45) is 0 Å². The zero-order chi connectivity index (χ0) is 38.3. The SMILES string of the molecule is Cc1cccc(N(c2cccc(-c3ccccc3)c2)c2c3ccccc3c(N(c3cccc(C)c3)c3cccc(-c4ccccc4)c3)c3c2oc2ccccc23)c1. The number of rotatable bonds is 8. The van der Waals surface area contributed by atoms with E-state index < -0.39 is 0 Å². The number of furan rings is 1. The van der Waals surface area contributed by atoms with E-state index in [-0.39, 0.29) is 0 Å². The molecule has 0 saturated heterocycles. The minimum Gasteiger partial charge on any atom is -0.454 e. The largest absolute Gasteiger partial charge is 0.454 e. The first-order chi connectivity index (χ1) is 28.1. The van der Waals surface area contributed by atoms with Crippen LogP contribution in [0, 0.1) is 13.8 Å². The van der Waals surface area contributed by atoms with Crippen molar-refractivity contribution in [1.29, 1.82) is 0 Å². The Balaban J connectivity index is 1.33. The molecular weight excluding hydrogens is 693 g/mol. The summed E-state index contributed by atoms with van der Waals surface area (Å²) in [6.45, 7) is 4.32. The summed E-state index contributed by atoms with van der Waals surface area (Å²) in [7, 11) is 0. The van der Waals surface area contributed by atoms with Gasteiger partial charge in [0.25, 0.3) is 0 Å². The highest BCUT2D eigenvalue weighted by atomic mass is 16.3. The van der Waals surface area contributed by atoms with Gasteiger partial charge in [0.1, 0.15) is 5.58 Å². The minimum absolute atomic E-state index is 0.827. The third-order valence-corrected chi connectivity index (χ3v) is 10.9. The van der Waals surface area contributed by atoms with Crippen molar-refractivity contribution >= 4 is 66.8 Å². The summed E-state index contributed by atoms with van der Waals surface area (Å²) in [6, 6.07) is 73.8. The predicted molar refractivity (Wildman–Crippen MR) is 241 cm³/mol. The van der Waals surface area contributed by atoms with E-state index in [0.29, 0.717) is 0 Å². The number of fused-ring (bicyclic) bond motifs is 4. The van der Waals surface area contributed by atoms with Crippen molar-refractivity contribution in [1.82, 2.24) is 0 Å². The lowest BCUT2D eigenvalue weighted by Crippen LogP contribution is -2.14. The Morgan fingerprint density at radius 2 is 0.737 bits per heavy atom. The standard InChI is InChI=1S/C54H40N2O/c1-37-17-13-25-43(33-37)55(45-27-15-23-41(35-45)39-19-5-3-6-20-39)52-47-29-9-10-30-48(47)53(54-51(52)49-31-11-12-32-50(49)57-54)56(44-26-14-18-38(2)34-44)46-28-16-24-42(36-46)40-21-7-4-8-22-40/h3-36H,1-2H3. The molecule has 1 aromatic heterocycles. The van der Waals surface area contributed by atoms with E-state index in [9.17, 15) is 0 Å². The first-order valence-corrected chi connectivity index (χ1v) is 19.5. The summed E-state index contributed by atoms with van der Waals surface area (Å²) in [4.78, 5) is 4.83. The maximum absolute atomic E-state index is 7.17. The molecule has 0 aliphatic rings. The molecule has 0 radical (unpaired) electrons. The van der Waals surface area contributed by atoms with Crippen LogP contribution in [-0.4, -0.2) is 0 Å². The van der Waals surface area contributed by atoms with Gasteiger partial charge in [-0.15, -0.1) is 0 Å². The molecule has 0 atom stereocenters. The molecule has 0 fully saturated rings. The van der Waals surface area contributed by atoms with E-state index in [1.54, 1.807) is 0 Å². The van der Waals surface area contributed by atoms with Crippen molar-refractivity contribution < 1.29 is 4.42 Å². The number of nitrogens with zero attached hydrogens (tertiary/aromatic N) is 2. The van der Waals surface area contributed by atoms with E-state index in [2.05, 4.69) is 230 Å². The molecule has 0 unspecified atom stereocenters. The zero-order valence-electron chi connectivity index (χ0n) is 31.9. The van der Waals surface area contributed by atoms with Crippen LogP contribution in [0.25, 0.3) is 55.0 Å². The maximum Gasteiger partial charge on any atom is 0.162 e. The number of aryl methyl sites for hydroxylation is 2. The highest BCUT2D eigenvalue weighted by molar-refractivity contribution is 6.28. The number of benzene rings is 9. The average Bonchev–Trinajstić information content (AvgIpc) is 3.65. The van der Waals surface area contributed by atoms with E-state index in [0.717, 1.165) is 78.0 Å². The fraction of sp³-hybridized carbons (Fsp3) is 0.0370. The van der Waals surface area contributed by atoms with Crippen LogP contribution in [0.1, 0.15) is 11.1 Å². The molecule has 0 bridgehead atoms. The van der Waals surface area contributed by atoms with Gasteiger partial charge < -0.3 is 14.2 Å². The first kappa shape index (κ1) is 34.2. The van der Waals surface area contributed by atoms with Gasteiger partial charge in [-0.05, 0) is 102 Å². The van der Waals surface area contributed by atoms with E-state index in [1.807, 2.05) is 0 Å². The van der Waals surface area contributed by atoms with Crippen LogP contribution in [0.5, 0.6) is 0 Å². The quantitative estimate of drug-likeness (QED) is 0.145. The van der Waals surface area contributed by atoms with Crippen LogP contribution in [-0.2, 0) is 0 Å². The molecular formula is C54H40N2O. The normalized spacial score (nSPS) is 11.3. The Morgan fingerprint density at radius 3 is 1.26 bits per heavy atom. The molecule has 0 spiro atoms. The second kappa shape index (κ2) is 14.4. The Labute approximate surface area is 333 Å². The molecule has 0 aliphatic heterocycles. The van der Waals surface area contributed by atoms with Crippen molar-refractivity contribution in [3.05, 3.63) is 217 Å². The van der Waals surface area contributed by atoms with Crippen LogP contribution in [0.3, 0.4) is 0 Å². The van der Waals surface area contributed by atoms with E-state index in [4.69, 9.17) is 4.42 Å². The molecule has 272 valence electrons. The lowest BCUT2D eigenvalue weighted by molar-refractivity contribution is 0.669. The highest BCUT2D eigenvalue weighted by Gasteiger charge is 2.29. The van der Waals surface area contributed by atoms with Gasteiger partial charge in [0.15, 0.2) is 5.58 Å². The van der Waals surface area contributed by atoms with Gasteiger partial charge in [0, 0.05) is 38.9 Å². The third kappa shape index (κ3) is 6.20. The van der Waals surface area contributed by atoms with Gasteiger partial charge in [-0.3, -0.25) is 0 Å². The van der Waals surface area contributed by atoms with Crippen LogP contribution < -0.4 is 9.80 Å². The Bertz CT molecular complexity index is 3060. The minimum atomic E-state index is 0.827. The van der Waals surface area contributed by atoms with Crippen LogP contribution in [0.15, 0.2) is 211 Å². The number of hydrogen-bond acceptors (Lipinski definition) is 3. The van der Waals surface area contributed by atoms with Crippen LogP contribution >= 0.6 is 0 Å². The molecule has 3 nitrogen and oxygen atoms in total. The van der Waals surface area contributed by atoms with Crippen molar-refractivity contribution in [3.63, 3.8) is 0 Å². The number of para-hydroxylation sites is 1. The summed E-state index contributed by atoms with van der Waals surface area (Å²) in [5, 5.41) is 4.33. The van der Waals surface area contributed by atoms with Gasteiger partial charge >= 0.3 is 0 Å². The summed E-state index contributed by atoms with van der Waals surface area (Å²) < 4.78 is 7.17. The van der Waals surface area contributed by atoms with E-state index in [1.165, 1.54) is 22.3 Å². The molecule has 57 heavy (non-hydrogen) atoms.